The topological polar surface area (TPSA) is 128 Å². The van der Waals surface area contributed by atoms with E-state index in [4.69, 9.17) is 20.5 Å². The van der Waals surface area contributed by atoms with Gasteiger partial charge in [0.15, 0.2) is 5.82 Å². The van der Waals surface area contributed by atoms with Crippen molar-refractivity contribution < 1.29 is 22.2 Å². The molecule has 0 atom stereocenters. The number of halogens is 1. The number of aryl methyl sites for hydroxylation is 1. The molecule has 1 N–H and O–H groups in total. The molecule has 0 radical (unpaired) electrons. The van der Waals surface area contributed by atoms with E-state index >= 15 is 0 Å². The molecule has 0 aliphatic carbocycles. The second-order valence-corrected chi connectivity index (χ2v) is 8.19. The third kappa shape index (κ3) is 3.63. The van der Waals surface area contributed by atoms with Gasteiger partial charge in [0.25, 0.3) is 5.89 Å². The number of carbonyl (C=O) groups is 1. The molecule has 12 heteroatoms. The first-order chi connectivity index (χ1) is 11.3. The molecule has 1 amide bonds. The van der Waals surface area contributed by atoms with Gasteiger partial charge in [0.2, 0.25) is 15.7 Å². The summed E-state index contributed by atoms with van der Waals surface area (Å²) in [5.74, 6) is -1.07. The summed E-state index contributed by atoms with van der Waals surface area (Å²) in [5.41, 5.74) is 0. The average Bonchev–Trinajstić information content (AvgIpc) is 3.19. The molecular formula is C12H9ClN4O5S2. The van der Waals surface area contributed by atoms with Gasteiger partial charge < -0.3 is 14.3 Å². The van der Waals surface area contributed by atoms with Crippen molar-refractivity contribution in [2.75, 3.05) is 11.1 Å². The normalized spacial score (nSPS) is 11.6. The monoisotopic (exact) mass is 388 g/mol. The molecule has 0 aliphatic rings. The van der Waals surface area contributed by atoms with Crippen LogP contribution in [0.15, 0.2) is 32.4 Å². The summed E-state index contributed by atoms with van der Waals surface area (Å²) in [6.45, 7) is 1.64. The van der Waals surface area contributed by atoms with E-state index in [9.17, 15) is 13.2 Å². The molecule has 3 heterocycles. The molecule has 3 aromatic rings. The largest absolute Gasteiger partial charge is 0.407 e. The zero-order valence-corrected chi connectivity index (χ0v) is 14.4. The van der Waals surface area contributed by atoms with Crippen molar-refractivity contribution in [3.8, 4) is 10.8 Å². The van der Waals surface area contributed by atoms with Gasteiger partial charge in [-0.3, -0.25) is 4.79 Å². The first-order valence-electron chi connectivity index (χ1n) is 6.38. The highest BCUT2D eigenvalue weighted by Gasteiger charge is 2.27. The maximum atomic E-state index is 12.2. The van der Waals surface area contributed by atoms with Crippen molar-refractivity contribution in [2.24, 2.45) is 0 Å². The number of rotatable bonds is 5. The van der Waals surface area contributed by atoms with Crippen molar-refractivity contribution in [3.63, 3.8) is 0 Å². The molecule has 0 bridgehead atoms. The van der Waals surface area contributed by atoms with Gasteiger partial charge in [0.1, 0.15) is 11.5 Å². The highest BCUT2D eigenvalue weighted by Crippen LogP contribution is 2.30. The van der Waals surface area contributed by atoms with Crippen LogP contribution in [0.5, 0.6) is 0 Å². The predicted molar refractivity (Wildman–Crippen MR) is 84.5 cm³/mol. The van der Waals surface area contributed by atoms with E-state index < -0.39 is 26.7 Å². The van der Waals surface area contributed by atoms with E-state index in [-0.39, 0.29) is 11.7 Å². The standard InChI is InChI=1S/C12H9ClN4O5S2/c1-6-4-9(17-22-6)14-10(18)5-24(19,20)12-16-15-11(21-12)7-2-3-8(13)23-7/h2-4H,5H2,1H3,(H,14,17,18). The van der Waals surface area contributed by atoms with Crippen LogP contribution in [0.4, 0.5) is 5.82 Å². The number of hydrogen-bond acceptors (Lipinski definition) is 9. The number of anilines is 1. The van der Waals surface area contributed by atoms with Crippen LogP contribution in [-0.4, -0.2) is 35.4 Å². The van der Waals surface area contributed by atoms with Crippen LogP contribution in [0.2, 0.25) is 4.34 Å². The number of sulfone groups is 1. The quantitative estimate of drug-likeness (QED) is 0.704. The summed E-state index contributed by atoms with van der Waals surface area (Å²) < 4.78 is 34.7. The Kier molecular flexibility index (Phi) is 4.39. The fraction of sp³-hybridized carbons (Fsp3) is 0.167. The Balaban J connectivity index is 1.73. The van der Waals surface area contributed by atoms with E-state index in [2.05, 4.69) is 20.7 Å². The van der Waals surface area contributed by atoms with E-state index in [0.717, 1.165) is 11.3 Å². The number of hydrogen-bond donors (Lipinski definition) is 1. The van der Waals surface area contributed by atoms with Gasteiger partial charge in [-0.25, -0.2) is 8.42 Å². The first-order valence-corrected chi connectivity index (χ1v) is 9.23. The van der Waals surface area contributed by atoms with Crippen molar-refractivity contribution >= 4 is 44.5 Å². The lowest BCUT2D eigenvalue weighted by Gasteiger charge is -2.00. The van der Waals surface area contributed by atoms with Crippen LogP contribution in [0.25, 0.3) is 10.8 Å². The Morgan fingerprint density at radius 1 is 1.38 bits per heavy atom. The number of nitrogens with one attached hydrogen (secondary N) is 1. The lowest BCUT2D eigenvalue weighted by molar-refractivity contribution is -0.113. The van der Waals surface area contributed by atoms with Gasteiger partial charge in [-0.05, 0) is 19.1 Å². The Bertz CT molecular complexity index is 991. The lowest BCUT2D eigenvalue weighted by atomic mass is 10.5. The molecule has 24 heavy (non-hydrogen) atoms. The SMILES string of the molecule is Cc1cc(NC(=O)CS(=O)(=O)c2nnc(-c3ccc(Cl)s3)o2)no1. The zero-order chi connectivity index (χ0) is 17.3. The molecule has 0 unspecified atom stereocenters. The molecule has 126 valence electrons. The number of thiophene rings is 1. The molecule has 3 aromatic heterocycles. The third-order valence-corrected chi connectivity index (χ3v) is 5.23. The zero-order valence-electron chi connectivity index (χ0n) is 12.0. The third-order valence-electron chi connectivity index (χ3n) is 2.67. The Morgan fingerprint density at radius 3 is 2.79 bits per heavy atom. The van der Waals surface area contributed by atoms with Gasteiger partial charge in [0.05, 0.1) is 9.21 Å². The molecule has 0 fully saturated rings. The van der Waals surface area contributed by atoms with Crippen molar-refractivity contribution in [2.45, 2.75) is 12.1 Å². The molecule has 0 saturated heterocycles. The summed E-state index contributed by atoms with van der Waals surface area (Å²) in [7, 11) is -4.09. The average molecular weight is 389 g/mol. The number of aromatic nitrogens is 3. The molecule has 9 nitrogen and oxygen atoms in total. The second kappa shape index (κ2) is 6.34. The van der Waals surface area contributed by atoms with E-state index in [1.54, 1.807) is 19.1 Å². The molecule has 0 aliphatic heterocycles. The summed E-state index contributed by atoms with van der Waals surface area (Å²) in [6.07, 6.45) is 0. The maximum Gasteiger partial charge on any atom is 0.336 e. The van der Waals surface area contributed by atoms with E-state index in [0.29, 0.717) is 15.0 Å². The van der Waals surface area contributed by atoms with E-state index in [1.807, 2.05) is 0 Å². The Labute approximate surface area is 144 Å². The van der Waals surface area contributed by atoms with Gasteiger partial charge in [-0.15, -0.1) is 16.4 Å². The van der Waals surface area contributed by atoms with Gasteiger partial charge >= 0.3 is 5.22 Å². The van der Waals surface area contributed by atoms with Crippen molar-refractivity contribution in [1.82, 2.24) is 15.4 Å². The van der Waals surface area contributed by atoms with E-state index in [1.165, 1.54) is 6.07 Å². The van der Waals surface area contributed by atoms with Gasteiger partial charge in [-0.2, -0.15) is 0 Å². The lowest BCUT2D eigenvalue weighted by Crippen LogP contribution is -2.23. The smallest absolute Gasteiger partial charge is 0.336 e. The van der Waals surface area contributed by atoms with Crippen LogP contribution in [0.3, 0.4) is 0 Å². The minimum absolute atomic E-state index is 0.0120. The fourth-order valence-corrected chi connectivity index (χ4v) is 3.58. The van der Waals surface area contributed by atoms with Gasteiger partial charge in [0, 0.05) is 6.07 Å². The van der Waals surface area contributed by atoms with Crippen LogP contribution in [0.1, 0.15) is 5.76 Å². The van der Waals surface area contributed by atoms with Crippen LogP contribution >= 0.6 is 22.9 Å². The summed E-state index contributed by atoms with van der Waals surface area (Å²) in [4.78, 5) is 12.3. The summed E-state index contributed by atoms with van der Waals surface area (Å²) >= 11 is 6.96. The molecule has 3 rings (SSSR count). The molecule has 0 spiro atoms. The highest BCUT2D eigenvalue weighted by molar-refractivity contribution is 7.91. The van der Waals surface area contributed by atoms with Crippen molar-refractivity contribution in [3.05, 3.63) is 28.3 Å². The molecule has 0 aromatic carbocycles. The summed E-state index contributed by atoms with van der Waals surface area (Å²) in [6, 6.07) is 4.69. The Hall–Kier alpha value is -2.24. The number of amides is 1. The van der Waals surface area contributed by atoms with Crippen LogP contribution < -0.4 is 5.32 Å². The number of carbonyl (C=O) groups excluding carboxylic acids is 1. The number of nitrogens with zero attached hydrogens (tertiary/aromatic N) is 3. The predicted octanol–water partition coefficient (Wildman–Crippen LogP) is 2.16. The van der Waals surface area contributed by atoms with Crippen LogP contribution in [0, 0.1) is 6.92 Å². The van der Waals surface area contributed by atoms with Crippen molar-refractivity contribution in [1.29, 1.82) is 0 Å². The maximum absolute atomic E-state index is 12.2. The summed E-state index contributed by atoms with van der Waals surface area (Å²) in [5, 5.41) is 12.3. The molecular weight excluding hydrogens is 380 g/mol. The fourth-order valence-electron chi connectivity index (χ4n) is 1.70. The Morgan fingerprint density at radius 2 is 2.17 bits per heavy atom. The minimum atomic E-state index is -4.09. The first kappa shape index (κ1) is 16.6. The molecule has 0 saturated carbocycles. The highest BCUT2D eigenvalue weighted by atomic mass is 35.5. The van der Waals surface area contributed by atoms with Gasteiger partial charge in [-0.1, -0.05) is 21.9 Å². The minimum Gasteiger partial charge on any atom is -0.407 e. The second-order valence-electron chi connectivity index (χ2n) is 4.61. The van der Waals surface area contributed by atoms with Crippen LogP contribution in [-0.2, 0) is 14.6 Å².